The van der Waals surface area contributed by atoms with Crippen LogP contribution in [0.25, 0.3) is 0 Å². The molecule has 0 aliphatic rings. The quantitative estimate of drug-likeness (QED) is 0.736. The highest BCUT2D eigenvalue weighted by molar-refractivity contribution is 5.78. The fraction of sp³-hybridized carbons (Fsp3) is 0.533. The lowest BCUT2D eigenvalue weighted by molar-refractivity contribution is -0.123. The van der Waals surface area contributed by atoms with E-state index in [-0.39, 0.29) is 11.9 Å². The molecule has 20 heavy (non-hydrogen) atoms. The third-order valence-corrected chi connectivity index (χ3v) is 2.95. The minimum absolute atomic E-state index is 0.00984. The van der Waals surface area contributed by atoms with Gasteiger partial charge in [0.15, 0.2) is 0 Å². The van der Waals surface area contributed by atoms with Crippen LogP contribution in [-0.4, -0.2) is 44.2 Å². The van der Waals surface area contributed by atoms with Crippen LogP contribution in [0.3, 0.4) is 0 Å². The van der Waals surface area contributed by atoms with Crippen molar-refractivity contribution in [3.05, 3.63) is 35.4 Å². The van der Waals surface area contributed by atoms with Crippen LogP contribution in [0.15, 0.2) is 24.3 Å². The van der Waals surface area contributed by atoms with E-state index in [4.69, 9.17) is 10.5 Å². The number of nitrogens with one attached hydrogen (secondary N) is 1. The Bertz CT molecular complexity index is 406. The molecule has 3 N–H and O–H groups in total. The monoisotopic (exact) mass is 279 g/mol. The molecule has 1 aromatic rings. The number of ether oxygens (including phenoxy) is 1. The Morgan fingerprint density at radius 3 is 2.50 bits per heavy atom. The Kier molecular flexibility index (Phi) is 7.22. The Labute approximate surface area is 121 Å². The van der Waals surface area contributed by atoms with Gasteiger partial charge in [0.2, 0.25) is 5.91 Å². The number of amides is 1. The van der Waals surface area contributed by atoms with E-state index in [1.807, 2.05) is 43.1 Å². The van der Waals surface area contributed by atoms with Crippen LogP contribution >= 0.6 is 0 Å². The van der Waals surface area contributed by atoms with Crippen molar-refractivity contribution in [1.82, 2.24) is 10.2 Å². The first-order chi connectivity index (χ1) is 9.55. The average molecular weight is 279 g/mol. The van der Waals surface area contributed by atoms with Gasteiger partial charge in [-0.2, -0.15) is 0 Å². The molecule has 0 aromatic heterocycles. The van der Waals surface area contributed by atoms with Gasteiger partial charge in [0.25, 0.3) is 0 Å². The zero-order valence-corrected chi connectivity index (χ0v) is 12.6. The second-order valence-corrected chi connectivity index (χ2v) is 5.12. The van der Waals surface area contributed by atoms with Gasteiger partial charge < -0.3 is 15.8 Å². The largest absolute Gasteiger partial charge is 0.383 e. The molecule has 0 fully saturated rings. The van der Waals surface area contributed by atoms with Crippen LogP contribution in [0.4, 0.5) is 0 Å². The fourth-order valence-electron chi connectivity index (χ4n) is 2.01. The lowest BCUT2D eigenvalue weighted by atomic mass is 10.1. The van der Waals surface area contributed by atoms with Crippen LogP contribution < -0.4 is 11.1 Å². The Morgan fingerprint density at radius 2 is 1.95 bits per heavy atom. The maximum atomic E-state index is 11.8. The molecule has 112 valence electrons. The van der Waals surface area contributed by atoms with Crippen molar-refractivity contribution in [2.75, 3.05) is 27.3 Å². The van der Waals surface area contributed by atoms with E-state index >= 15 is 0 Å². The molecule has 0 heterocycles. The zero-order chi connectivity index (χ0) is 15.0. The molecule has 0 bridgehead atoms. The molecule has 0 spiro atoms. The number of methoxy groups -OCH3 is 1. The smallest absolute Gasteiger partial charge is 0.234 e. The van der Waals surface area contributed by atoms with Crippen molar-refractivity contribution in [1.29, 1.82) is 0 Å². The molecular formula is C15H25N3O2. The van der Waals surface area contributed by atoms with Gasteiger partial charge in [-0.3, -0.25) is 9.69 Å². The van der Waals surface area contributed by atoms with Gasteiger partial charge in [0.1, 0.15) is 0 Å². The first kappa shape index (κ1) is 16.6. The lowest BCUT2D eigenvalue weighted by Crippen LogP contribution is -2.41. The zero-order valence-electron chi connectivity index (χ0n) is 12.6. The maximum absolute atomic E-state index is 11.8. The third-order valence-electron chi connectivity index (χ3n) is 2.95. The molecule has 1 atom stereocenters. The molecule has 0 radical (unpaired) electrons. The van der Waals surface area contributed by atoms with E-state index in [9.17, 15) is 4.79 Å². The topological polar surface area (TPSA) is 67.6 Å². The summed E-state index contributed by atoms with van der Waals surface area (Å²) in [6, 6.07) is 8.16. The number of hydrogen-bond donors (Lipinski definition) is 2. The third kappa shape index (κ3) is 6.14. The van der Waals surface area contributed by atoms with Crippen LogP contribution in [0.2, 0.25) is 0 Å². The molecule has 1 rings (SSSR count). The van der Waals surface area contributed by atoms with E-state index in [1.165, 1.54) is 5.56 Å². The number of carbonyl (C=O) groups is 1. The van der Waals surface area contributed by atoms with E-state index < -0.39 is 0 Å². The van der Waals surface area contributed by atoms with Gasteiger partial charge in [-0.05, 0) is 25.1 Å². The highest BCUT2D eigenvalue weighted by atomic mass is 16.5. The van der Waals surface area contributed by atoms with Crippen molar-refractivity contribution in [2.45, 2.75) is 26.1 Å². The standard InChI is InChI=1S/C15H25N3O2/c1-12(11-20-3)17-15(19)10-18(2)9-14-6-4-13(8-16)5-7-14/h4-7,12H,8-11,16H2,1-3H3,(H,17,19). The summed E-state index contributed by atoms with van der Waals surface area (Å²) in [6.07, 6.45) is 0. The molecule has 1 unspecified atom stereocenters. The molecule has 0 saturated carbocycles. The summed E-state index contributed by atoms with van der Waals surface area (Å²) in [5.41, 5.74) is 7.85. The number of carbonyl (C=O) groups excluding carboxylic acids is 1. The predicted octanol–water partition coefficient (Wildman–Crippen LogP) is 0.728. The van der Waals surface area contributed by atoms with Crippen molar-refractivity contribution in [3.8, 4) is 0 Å². The second-order valence-electron chi connectivity index (χ2n) is 5.12. The Hall–Kier alpha value is -1.43. The minimum atomic E-state index is 0.00984. The van der Waals surface area contributed by atoms with E-state index in [0.717, 1.165) is 12.1 Å². The van der Waals surface area contributed by atoms with E-state index in [2.05, 4.69) is 5.32 Å². The summed E-state index contributed by atoms with van der Waals surface area (Å²) < 4.78 is 4.99. The number of likely N-dealkylation sites (N-methyl/N-ethyl adjacent to an activating group) is 1. The molecule has 1 amide bonds. The van der Waals surface area contributed by atoms with E-state index in [0.29, 0.717) is 19.7 Å². The van der Waals surface area contributed by atoms with Crippen molar-refractivity contribution < 1.29 is 9.53 Å². The summed E-state index contributed by atoms with van der Waals surface area (Å²) >= 11 is 0. The highest BCUT2D eigenvalue weighted by Crippen LogP contribution is 2.06. The van der Waals surface area contributed by atoms with Gasteiger partial charge in [-0.1, -0.05) is 24.3 Å². The molecule has 5 nitrogen and oxygen atoms in total. The number of benzene rings is 1. The van der Waals surface area contributed by atoms with E-state index in [1.54, 1.807) is 7.11 Å². The number of nitrogens with zero attached hydrogens (tertiary/aromatic N) is 1. The van der Waals surface area contributed by atoms with Gasteiger partial charge in [-0.15, -0.1) is 0 Å². The molecular weight excluding hydrogens is 254 g/mol. The Morgan fingerprint density at radius 1 is 1.35 bits per heavy atom. The summed E-state index contributed by atoms with van der Waals surface area (Å²) in [5, 5.41) is 2.89. The van der Waals surface area contributed by atoms with Crippen LogP contribution in [0.1, 0.15) is 18.1 Å². The SMILES string of the molecule is COCC(C)NC(=O)CN(C)Cc1ccc(CN)cc1. The van der Waals surface area contributed by atoms with Crippen molar-refractivity contribution in [3.63, 3.8) is 0 Å². The molecule has 0 aliphatic carbocycles. The first-order valence-electron chi connectivity index (χ1n) is 6.80. The van der Waals surface area contributed by atoms with Crippen LogP contribution in [-0.2, 0) is 22.6 Å². The minimum Gasteiger partial charge on any atom is -0.383 e. The van der Waals surface area contributed by atoms with Crippen molar-refractivity contribution in [2.24, 2.45) is 5.73 Å². The normalized spacial score (nSPS) is 12.4. The highest BCUT2D eigenvalue weighted by Gasteiger charge is 2.10. The molecule has 0 aliphatic heterocycles. The number of nitrogens with two attached hydrogens (primary N) is 1. The van der Waals surface area contributed by atoms with Crippen LogP contribution in [0, 0.1) is 0 Å². The first-order valence-corrected chi connectivity index (χ1v) is 6.80. The maximum Gasteiger partial charge on any atom is 0.234 e. The second kappa shape index (κ2) is 8.68. The summed E-state index contributed by atoms with van der Waals surface area (Å²) in [4.78, 5) is 13.8. The molecule has 5 heteroatoms. The van der Waals surface area contributed by atoms with Gasteiger partial charge in [-0.25, -0.2) is 0 Å². The molecule has 1 aromatic carbocycles. The predicted molar refractivity (Wildman–Crippen MR) is 80.1 cm³/mol. The van der Waals surface area contributed by atoms with Gasteiger partial charge >= 0.3 is 0 Å². The van der Waals surface area contributed by atoms with Crippen LogP contribution in [0.5, 0.6) is 0 Å². The lowest BCUT2D eigenvalue weighted by Gasteiger charge is -2.18. The van der Waals surface area contributed by atoms with Gasteiger partial charge in [0.05, 0.1) is 13.2 Å². The fourth-order valence-corrected chi connectivity index (χ4v) is 2.01. The molecule has 0 saturated heterocycles. The van der Waals surface area contributed by atoms with Crippen molar-refractivity contribution >= 4 is 5.91 Å². The Balaban J connectivity index is 2.38. The average Bonchev–Trinajstić information content (AvgIpc) is 2.39. The summed E-state index contributed by atoms with van der Waals surface area (Å²) in [7, 11) is 3.55. The van der Waals surface area contributed by atoms with Gasteiger partial charge in [0, 0.05) is 26.2 Å². The summed E-state index contributed by atoms with van der Waals surface area (Å²) in [5.74, 6) is 0.00984. The summed E-state index contributed by atoms with van der Waals surface area (Å²) in [6.45, 7) is 4.10. The number of rotatable bonds is 8. The number of hydrogen-bond acceptors (Lipinski definition) is 4.